The SMILES string of the molecule is COCCn1c(CCCC(=O)NCc2ccc(C(C)C)cc2)nc2cccnc21. The molecule has 0 spiro atoms. The molecule has 0 radical (unpaired) electrons. The Hall–Kier alpha value is -2.73. The van der Waals surface area contributed by atoms with Crippen LogP contribution in [0, 0.1) is 0 Å². The van der Waals surface area contributed by atoms with Crippen LogP contribution in [0.2, 0.25) is 0 Å². The van der Waals surface area contributed by atoms with Gasteiger partial charge in [-0.1, -0.05) is 38.1 Å². The predicted molar refractivity (Wildman–Crippen MR) is 115 cm³/mol. The molecule has 0 atom stereocenters. The van der Waals surface area contributed by atoms with Crippen LogP contribution >= 0.6 is 0 Å². The number of nitrogens with one attached hydrogen (secondary N) is 1. The molecular formula is C23H30N4O2. The Labute approximate surface area is 172 Å². The van der Waals surface area contributed by atoms with Gasteiger partial charge < -0.3 is 14.6 Å². The first kappa shape index (κ1) is 21.0. The number of carbonyl (C=O) groups excluding carboxylic acids is 1. The zero-order chi connectivity index (χ0) is 20.6. The maximum absolute atomic E-state index is 12.2. The molecule has 0 saturated heterocycles. The molecule has 0 fully saturated rings. The second kappa shape index (κ2) is 10.2. The molecule has 1 N–H and O–H groups in total. The molecule has 29 heavy (non-hydrogen) atoms. The van der Waals surface area contributed by atoms with Gasteiger partial charge in [-0.05, 0) is 35.6 Å². The van der Waals surface area contributed by atoms with Gasteiger partial charge in [-0.3, -0.25) is 4.79 Å². The Balaban J connectivity index is 1.51. The van der Waals surface area contributed by atoms with Crippen molar-refractivity contribution < 1.29 is 9.53 Å². The topological polar surface area (TPSA) is 69.0 Å². The molecule has 1 amide bonds. The van der Waals surface area contributed by atoms with Crippen molar-refractivity contribution in [1.82, 2.24) is 19.9 Å². The van der Waals surface area contributed by atoms with Gasteiger partial charge in [0, 0.05) is 39.2 Å². The molecule has 3 rings (SSSR count). The molecule has 3 aromatic rings. The number of imidazole rings is 1. The molecule has 1 aromatic carbocycles. The normalized spacial score (nSPS) is 11.3. The molecule has 2 aromatic heterocycles. The van der Waals surface area contributed by atoms with E-state index in [0.717, 1.165) is 35.4 Å². The number of pyridine rings is 1. The Morgan fingerprint density at radius 1 is 1.21 bits per heavy atom. The van der Waals surface area contributed by atoms with Crippen molar-refractivity contribution in [3.05, 3.63) is 59.5 Å². The number of benzene rings is 1. The lowest BCUT2D eigenvalue weighted by atomic mass is 10.0. The molecule has 0 aliphatic heterocycles. The highest BCUT2D eigenvalue weighted by Crippen LogP contribution is 2.16. The molecule has 154 valence electrons. The van der Waals surface area contributed by atoms with E-state index in [0.29, 0.717) is 32.0 Å². The van der Waals surface area contributed by atoms with Crippen molar-refractivity contribution in [3.8, 4) is 0 Å². The summed E-state index contributed by atoms with van der Waals surface area (Å²) in [6, 6.07) is 12.3. The second-order valence-electron chi connectivity index (χ2n) is 7.55. The first-order valence-corrected chi connectivity index (χ1v) is 10.2. The van der Waals surface area contributed by atoms with Crippen LogP contribution in [0.3, 0.4) is 0 Å². The van der Waals surface area contributed by atoms with Gasteiger partial charge in [0.2, 0.25) is 5.91 Å². The first-order chi connectivity index (χ1) is 14.1. The Bertz CT molecular complexity index is 932. The van der Waals surface area contributed by atoms with Gasteiger partial charge in [0.05, 0.1) is 6.61 Å². The average molecular weight is 395 g/mol. The summed E-state index contributed by atoms with van der Waals surface area (Å²) in [5.41, 5.74) is 4.18. The number of aryl methyl sites for hydroxylation is 1. The summed E-state index contributed by atoms with van der Waals surface area (Å²) in [6.07, 6.45) is 3.73. The standard InChI is InChI=1S/C23H30N4O2/c1-17(2)19-11-9-18(10-12-19)16-25-22(28)8-4-7-21-26-20-6-5-13-24-23(20)27(21)14-15-29-3/h5-6,9-13,17H,4,7-8,14-16H2,1-3H3,(H,25,28). The molecular weight excluding hydrogens is 364 g/mol. The van der Waals surface area contributed by atoms with Gasteiger partial charge in [0.25, 0.3) is 0 Å². The van der Waals surface area contributed by atoms with E-state index in [1.807, 2.05) is 12.1 Å². The number of ether oxygens (including phenoxy) is 1. The maximum atomic E-state index is 12.2. The number of hydrogen-bond acceptors (Lipinski definition) is 4. The molecule has 0 aliphatic carbocycles. The number of amides is 1. The van der Waals surface area contributed by atoms with Gasteiger partial charge in [-0.25, -0.2) is 9.97 Å². The summed E-state index contributed by atoms with van der Waals surface area (Å²) in [5, 5.41) is 3.01. The minimum absolute atomic E-state index is 0.0654. The third-order valence-electron chi connectivity index (χ3n) is 5.04. The molecule has 0 saturated carbocycles. The van der Waals surface area contributed by atoms with E-state index in [-0.39, 0.29) is 5.91 Å². The van der Waals surface area contributed by atoms with Crippen molar-refractivity contribution in [3.63, 3.8) is 0 Å². The summed E-state index contributed by atoms with van der Waals surface area (Å²) in [5.74, 6) is 1.53. The lowest BCUT2D eigenvalue weighted by Gasteiger charge is -2.09. The van der Waals surface area contributed by atoms with E-state index in [2.05, 4.69) is 53.0 Å². The summed E-state index contributed by atoms with van der Waals surface area (Å²) < 4.78 is 7.31. The van der Waals surface area contributed by atoms with Gasteiger partial charge >= 0.3 is 0 Å². The predicted octanol–water partition coefficient (Wildman–Crippen LogP) is 3.84. The third kappa shape index (κ3) is 5.64. The second-order valence-corrected chi connectivity index (χ2v) is 7.55. The molecule has 6 nitrogen and oxygen atoms in total. The fourth-order valence-corrected chi connectivity index (χ4v) is 3.33. The van der Waals surface area contributed by atoms with Crippen LogP contribution in [0.15, 0.2) is 42.6 Å². The first-order valence-electron chi connectivity index (χ1n) is 10.2. The molecule has 0 aliphatic rings. The van der Waals surface area contributed by atoms with E-state index < -0.39 is 0 Å². The fraction of sp³-hybridized carbons (Fsp3) is 0.435. The van der Waals surface area contributed by atoms with Crippen LogP contribution in [0.25, 0.3) is 11.2 Å². The van der Waals surface area contributed by atoms with Crippen molar-refractivity contribution in [2.45, 2.75) is 52.1 Å². The minimum Gasteiger partial charge on any atom is -0.383 e. The molecule has 0 unspecified atom stereocenters. The smallest absolute Gasteiger partial charge is 0.220 e. The highest BCUT2D eigenvalue weighted by atomic mass is 16.5. The van der Waals surface area contributed by atoms with Crippen molar-refractivity contribution in [2.24, 2.45) is 0 Å². The zero-order valence-electron chi connectivity index (χ0n) is 17.5. The summed E-state index contributed by atoms with van der Waals surface area (Å²) in [7, 11) is 1.69. The minimum atomic E-state index is 0.0654. The number of carbonyl (C=O) groups is 1. The van der Waals surface area contributed by atoms with Gasteiger partial charge in [-0.15, -0.1) is 0 Å². The number of aromatic nitrogens is 3. The van der Waals surface area contributed by atoms with Crippen LogP contribution in [0.5, 0.6) is 0 Å². The molecule has 2 heterocycles. The highest BCUT2D eigenvalue weighted by molar-refractivity contribution is 5.76. The zero-order valence-corrected chi connectivity index (χ0v) is 17.5. The van der Waals surface area contributed by atoms with E-state index in [1.54, 1.807) is 13.3 Å². The Morgan fingerprint density at radius 2 is 2.00 bits per heavy atom. The van der Waals surface area contributed by atoms with Gasteiger partial charge in [-0.2, -0.15) is 0 Å². The Morgan fingerprint density at radius 3 is 2.72 bits per heavy atom. The van der Waals surface area contributed by atoms with Crippen molar-refractivity contribution >= 4 is 17.1 Å². The highest BCUT2D eigenvalue weighted by Gasteiger charge is 2.12. The van der Waals surface area contributed by atoms with Crippen molar-refractivity contribution in [2.75, 3.05) is 13.7 Å². The Kier molecular flexibility index (Phi) is 7.36. The van der Waals surface area contributed by atoms with E-state index in [9.17, 15) is 4.79 Å². The van der Waals surface area contributed by atoms with E-state index >= 15 is 0 Å². The monoisotopic (exact) mass is 394 g/mol. The number of nitrogens with zero attached hydrogens (tertiary/aromatic N) is 3. The van der Waals surface area contributed by atoms with Crippen LogP contribution < -0.4 is 5.32 Å². The fourth-order valence-electron chi connectivity index (χ4n) is 3.33. The summed E-state index contributed by atoms with van der Waals surface area (Å²) in [4.78, 5) is 21.4. The number of methoxy groups -OCH3 is 1. The lowest BCUT2D eigenvalue weighted by molar-refractivity contribution is -0.121. The number of fused-ring (bicyclic) bond motifs is 1. The number of hydrogen-bond donors (Lipinski definition) is 1. The average Bonchev–Trinajstić information content (AvgIpc) is 3.08. The van der Waals surface area contributed by atoms with E-state index in [4.69, 9.17) is 9.72 Å². The summed E-state index contributed by atoms with van der Waals surface area (Å²) >= 11 is 0. The van der Waals surface area contributed by atoms with Gasteiger partial charge in [0.1, 0.15) is 11.3 Å². The van der Waals surface area contributed by atoms with Gasteiger partial charge in [0.15, 0.2) is 5.65 Å². The largest absolute Gasteiger partial charge is 0.383 e. The third-order valence-corrected chi connectivity index (χ3v) is 5.04. The number of rotatable bonds is 10. The van der Waals surface area contributed by atoms with Crippen LogP contribution in [-0.2, 0) is 29.0 Å². The molecule has 6 heteroatoms. The van der Waals surface area contributed by atoms with Crippen LogP contribution in [0.1, 0.15) is 49.6 Å². The summed E-state index contributed by atoms with van der Waals surface area (Å²) in [6.45, 7) is 6.23. The quantitative estimate of drug-likeness (QED) is 0.567. The van der Waals surface area contributed by atoms with Crippen LogP contribution in [-0.4, -0.2) is 34.2 Å². The van der Waals surface area contributed by atoms with Crippen LogP contribution in [0.4, 0.5) is 0 Å². The van der Waals surface area contributed by atoms with E-state index in [1.165, 1.54) is 5.56 Å². The molecule has 0 bridgehead atoms. The lowest BCUT2D eigenvalue weighted by Crippen LogP contribution is -2.22. The van der Waals surface area contributed by atoms with Crippen molar-refractivity contribution in [1.29, 1.82) is 0 Å². The maximum Gasteiger partial charge on any atom is 0.220 e.